The summed E-state index contributed by atoms with van der Waals surface area (Å²) in [6.07, 6.45) is 1.32. The van der Waals surface area contributed by atoms with Gasteiger partial charge in [-0.05, 0) is 24.1 Å². The highest BCUT2D eigenvalue weighted by Crippen LogP contribution is 2.29. The van der Waals surface area contributed by atoms with E-state index in [9.17, 15) is 19.7 Å². The Morgan fingerprint density at radius 2 is 1.91 bits per heavy atom. The number of amides is 2. The van der Waals surface area contributed by atoms with E-state index in [1.54, 1.807) is 50.2 Å². The summed E-state index contributed by atoms with van der Waals surface area (Å²) < 4.78 is 5.31. The van der Waals surface area contributed by atoms with Crippen LogP contribution in [0, 0.1) is 16.0 Å². The van der Waals surface area contributed by atoms with Crippen LogP contribution in [0.2, 0.25) is 5.02 Å². The molecule has 2 N–H and O–H groups in total. The molecule has 1 atom stereocenters. The van der Waals surface area contributed by atoms with Crippen molar-refractivity contribution in [2.75, 3.05) is 31.2 Å². The molecule has 0 aromatic heterocycles. The topological polar surface area (TPSA) is 126 Å². The third-order valence-electron chi connectivity index (χ3n) is 5.29. The van der Waals surface area contributed by atoms with Gasteiger partial charge in [-0.1, -0.05) is 43.6 Å². The van der Waals surface area contributed by atoms with Gasteiger partial charge in [0, 0.05) is 24.7 Å². The van der Waals surface area contributed by atoms with Crippen molar-refractivity contribution < 1.29 is 19.2 Å². The van der Waals surface area contributed by atoms with E-state index < -0.39 is 22.8 Å². The van der Waals surface area contributed by atoms with Gasteiger partial charge in [-0.3, -0.25) is 19.7 Å². The van der Waals surface area contributed by atoms with Crippen LogP contribution in [0.3, 0.4) is 0 Å². The van der Waals surface area contributed by atoms with E-state index in [4.69, 9.17) is 16.3 Å². The van der Waals surface area contributed by atoms with E-state index in [1.165, 1.54) is 12.3 Å². The van der Waals surface area contributed by atoms with Gasteiger partial charge in [-0.15, -0.1) is 0 Å². The molecule has 0 bridgehead atoms. The number of nitrogens with one attached hydrogen (secondary N) is 2. The molecule has 0 aliphatic carbocycles. The second kappa shape index (κ2) is 11.6. The molecule has 0 saturated carbocycles. The highest BCUT2D eigenvalue weighted by molar-refractivity contribution is 6.33. The number of anilines is 1. The van der Waals surface area contributed by atoms with Crippen molar-refractivity contribution in [3.05, 3.63) is 68.7 Å². The molecule has 2 aromatic carbocycles. The molecular formula is C23H26ClN5O5. The summed E-state index contributed by atoms with van der Waals surface area (Å²) in [6.45, 7) is 5.73. The first kappa shape index (κ1) is 25.1. The molecular weight excluding hydrogens is 462 g/mol. The number of benzene rings is 2. The molecule has 11 heteroatoms. The molecule has 2 amide bonds. The van der Waals surface area contributed by atoms with E-state index in [-0.39, 0.29) is 22.2 Å². The zero-order valence-electron chi connectivity index (χ0n) is 18.9. The number of hydrogen-bond acceptors (Lipinski definition) is 7. The summed E-state index contributed by atoms with van der Waals surface area (Å²) >= 11 is 6.07. The lowest BCUT2D eigenvalue weighted by molar-refractivity contribution is -0.384. The average molecular weight is 488 g/mol. The number of nitro groups is 1. The van der Waals surface area contributed by atoms with Gasteiger partial charge in [0.25, 0.3) is 17.5 Å². The summed E-state index contributed by atoms with van der Waals surface area (Å²) in [4.78, 5) is 38.3. The normalized spacial score (nSPS) is 14.8. The third kappa shape index (κ3) is 6.30. The molecule has 1 aliphatic rings. The standard InChI is InChI=1S/C23H26ClN5O5/c1-15(2)21(26-22(30)17-5-3-4-6-18(17)24)23(31)27-25-14-16-7-8-19(20(13-16)29(32)33)28-9-11-34-12-10-28/h3-8,13-15,21H,9-12H2,1-2H3,(H,26,30)(H,27,31). The van der Waals surface area contributed by atoms with Crippen LogP contribution in [0.25, 0.3) is 0 Å². The lowest BCUT2D eigenvalue weighted by Gasteiger charge is -2.28. The number of ether oxygens (including phenoxy) is 1. The number of hydrazone groups is 1. The molecule has 10 nitrogen and oxygen atoms in total. The Labute approximate surface area is 202 Å². The fraction of sp³-hybridized carbons (Fsp3) is 0.348. The maximum absolute atomic E-state index is 12.7. The van der Waals surface area contributed by atoms with Crippen molar-refractivity contribution in [1.82, 2.24) is 10.7 Å². The number of carbonyl (C=O) groups excluding carboxylic acids is 2. The smallest absolute Gasteiger partial charge is 0.293 e. The predicted molar refractivity (Wildman–Crippen MR) is 129 cm³/mol. The summed E-state index contributed by atoms with van der Waals surface area (Å²) in [6, 6.07) is 10.4. The molecule has 3 rings (SSSR count). The average Bonchev–Trinajstić information content (AvgIpc) is 2.82. The van der Waals surface area contributed by atoms with Crippen LogP contribution in [0.4, 0.5) is 11.4 Å². The zero-order valence-corrected chi connectivity index (χ0v) is 19.6. The van der Waals surface area contributed by atoms with Crippen LogP contribution in [-0.2, 0) is 9.53 Å². The molecule has 2 aromatic rings. The van der Waals surface area contributed by atoms with Crippen molar-refractivity contribution in [2.45, 2.75) is 19.9 Å². The second-order valence-electron chi connectivity index (χ2n) is 8.01. The van der Waals surface area contributed by atoms with Gasteiger partial charge >= 0.3 is 0 Å². The van der Waals surface area contributed by atoms with Crippen LogP contribution < -0.4 is 15.6 Å². The first-order valence-electron chi connectivity index (χ1n) is 10.8. The molecule has 1 heterocycles. The molecule has 180 valence electrons. The van der Waals surface area contributed by atoms with Crippen molar-refractivity contribution in [3.63, 3.8) is 0 Å². The first-order valence-corrected chi connectivity index (χ1v) is 11.1. The van der Waals surface area contributed by atoms with E-state index in [1.807, 2.05) is 4.90 Å². The second-order valence-corrected chi connectivity index (χ2v) is 8.42. The number of rotatable bonds is 8. The number of morpholine rings is 1. The highest BCUT2D eigenvalue weighted by atomic mass is 35.5. The molecule has 1 aliphatic heterocycles. The van der Waals surface area contributed by atoms with Crippen LogP contribution in [0.1, 0.15) is 29.8 Å². The van der Waals surface area contributed by atoms with Crippen LogP contribution >= 0.6 is 11.6 Å². The first-order chi connectivity index (χ1) is 16.3. The van der Waals surface area contributed by atoms with Gasteiger partial charge < -0.3 is 15.0 Å². The number of hydrogen-bond donors (Lipinski definition) is 2. The van der Waals surface area contributed by atoms with Crippen LogP contribution in [0.5, 0.6) is 0 Å². The Hall–Kier alpha value is -3.50. The van der Waals surface area contributed by atoms with E-state index >= 15 is 0 Å². The Kier molecular flexibility index (Phi) is 8.55. The van der Waals surface area contributed by atoms with Crippen LogP contribution in [-0.4, -0.2) is 55.3 Å². The van der Waals surface area contributed by atoms with Crippen molar-refractivity contribution in [2.24, 2.45) is 11.0 Å². The fourth-order valence-corrected chi connectivity index (χ4v) is 3.70. The van der Waals surface area contributed by atoms with Gasteiger partial charge in [0.05, 0.1) is 34.9 Å². The zero-order chi connectivity index (χ0) is 24.7. The van der Waals surface area contributed by atoms with E-state index in [0.717, 1.165) is 0 Å². The molecule has 1 unspecified atom stereocenters. The SMILES string of the molecule is CC(C)C(NC(=O)c1ccccc1Cl)C(=O)NN=Cc1ccc(N2CCOCC2)c([N+](=O)[O-])c1. The Bertz CT molecular complexity index is 1090. The quantitative estimate of drug-likeness (QED) is 0.335. The molecule has 0 radical (unpaired) electrons. The third-order valence-corrected chi connectivity index (χ3v) is 5.62. The summed E-state index contributed by atoms with van der Waals surface area (Å²) in [5.41, 5.74) is 3.57. The lowest BCUT2D eigenvalue weighted by Crippen LogP contribution is -2.48. The van der Waals surface area contributed by atoms with Crippen molar-refractivity contribution in [1.29, 1.82) is 0 Å². The van der Waals surface area contributed by atoms with Crippen molar-refractivity contribution >= 4 is 41.0 Å². The number of carbonyl (C=O) groups is 2. The Morgan fingerprint density at radius 3 is 2.56 bits per heavy atom. The number of halogens is 1. The predicted octanol–water partition coefficient (Wildman–Crippen LogP) is 2.99. The maximum Gasteiger partial charge on any atom is 0.293 e. The van der Waals surface area contributed by atoms with Gasteiger partial charge in [0.15, 0.2) is 0 Å². The Balaban J connectivity index is 1.68. The largest absolute Gasteiger partial charge is 0.378 e. The summed E-state index contributed by atoms with van der Waals surface area (Å²) in [5, 5.41) is 18.5. The molecule has 34 heavy (non-hydrogen) atoms. The van der Waals surface area contributed by atoms with E-state index in [0.29, 0.717) is 37.6 Å². The molecule has 1 fully saturated rings. The maximum atomic E-state index is 12.7. The number of nitrogens with zero attached hydrogens (tertiary/aromatic N) is 3. The van der Waals surface area contributed by atoms with Crippen LogP contribution in [0.15, 0.2) is 47.6 Å². The molecule has 0 spiro atoms. The van der Waals surface area contributed by atoms with Gasteiger partial charge in [0.2, 0.25) is 0 Å². The minimum Gasteiger partial charge on any atom is -0.378 e. The number of nitro benzene ring substituents is 1. The van der Waals surface area contributed by atoms with Gasteiger partial charge in [0.1, 0.15) is 11.7 Å². The van der Waals surface area contributed by atoms with Gasteiger partial charge in [-0.2, -0.15) is 5.10 Å². The van der Waals surface area contributed by atoms with E-state index in [2.05, 4.69) is 15.8 Å². The summed E-state index contributed by atoms with van der Waals surface area (Å²) in [7, 11) is 0. The summed E-state index contributed by atoms with van der Waals surface area (Å²) in [5.74, 6) is -1.22. The van der Waals surface area contributed by atoms with Gasteiger partial charge in [-0.25, -0.2) is 5.43 Å². The lowest BCUT2D eigenvalue weighted by atomic mass is 10.0. The highest BCUT2D eigenvalue weighted by Gasteiger charge is 2.25. The fourth-order valence-electron chi connectivity index (χ4n) is 3.48. The monoisotopic (exact) mass is 487 g/mol. The minimum absolute atomic E-state index is 0.0516. The van der Waals surface area contributed by atoms with Crippen molar-refractivity contribution in [3.8, 4) is 0 Å². The molecule has 1 saturated heterocycles. The minimum atomic E-state index is -0.862. The Morgan fingerprint density at radius 1 is 1.21 bits per heavy atom.